The van der Waals surface area contributed by atoms with Crippen LogP contribution < -0.4 is 5.73 Å². The van der Waals surface area contributed by atoms with Gasteiger partial charge in [-0.2, -0.15) is 0 Å². The van der Waals surface area contributed by atoms with Crippen LogP contribution in [-0.4, -0.2) is 41.9 Å². The van der Waals surface area contributed by atoms with Gasteiger partial charge in [0.25, 0.3) is 0 Å². The Morgan fingerprint density at radius 1 is 1.29 bits per heavy atom. The molecule has 6 nitrogen and oxygen atoms in total. The molecule has 0 saturated heterocycles. The highest BCUT2D eigenvalue weighted by Gasteiger charge is 2.19. The predicted octanol–water partition coefficient (Wildman–Crippen LogP) is 1.40. The van der Waals surface area contributed by atoms with Gasteiger partial charge in [0.2, 0.25) is 0 Å². The van der Waals surface area contributed by atoms with Crippen molar-refractivity contribution in [1.82, 2.24) is 15.0 Å². The third-order valence-corrected chi connectivity index (χ3v) is 3.14. The standard InChI is InChI=1S/C14H19FN4O2/c1-20-9-11-8-19(18-17-11)12-5-3-10(4-6-12)14(21-2)13(16)7-15/h3-6,8,13-14H,7,9,16H2,1-2H3. The monoisotopic (exact) mass is 294 g/mol. The molecule has 2 aromatic rings. The van der Waals surface area contributed by atoms with E-state index in [1.807, 2.05) is 24.3 Å². The fraction of sp³-hybridized carbons (Fsp3) is 0.429. The maximum Gasteiger partial charge on any atom is 0.109 e. The van der Waals surface area contributed by atoms with E-state index in [4.69, 9.17) is 15.2 Å². The van der Waals surface area contributed by atoms with Gasteiger partial charge in [0.1, 0.15) is 12.4 Å². The van der Waals surface area contributed by atoms with Gasteiger partial charge in [-0.1, -0.05) is 17.3 Å². The van der Waals surface area contributed by atoms with Crippen molar-refractivity contribution >= 4 is 0 Å². The summed E-state index contributed by atoms with van der Waals surface area (Å²) in [5.41, 5.74) is 8.12. The molecule has 0 aliphatic rings. The first-order chi connectivity index (χ1) is 10.2. The number of rotatable bonds is 7. The maximum atomic E-state index is 12.7. The number of halogens is 1. The highest BCUT2D eigenvalue weighted by molar-refractivity contribution is 5.35. The van der Waals surface area contributed by atoms with Crippen molar-refractivity contribution in [2.75, 3.05) is 20.9 Å². The summed E-state index contributed by atoms with van der Waals surface area (Å²) >= 11 is 0. The topological polar surface area (TPSA) is 75.2 Å². The lowest BCUT2D eigenvalue weighted by atomic mass is 10.0. The van der Waals surface area contributed by atoms with Crippen LogP contribution in [0.1, 0.15) is 17.4 Å². The predicted molar refractivity (Wildman–Crippen MR) is 75.8 cm³/mol. The molecule has 1 aromatic carbocycles. The van der Waals surface area contributed by atoms with E-state index in [1.54, 1.807) is 18.0 Å². The summed E-state index contributed by atoms with van der Waals surface area (Å²) in [5.74, 6) is 0. The molecular formula is C14H19FN4O2. The molecule has 0 bridgehead atoms. The van der Waals surface area contributed by atoms with Crippen LogP contribution in [0, 0.1) is 0 Å². The minimum atomic E-state index is -0.680. The first-order valence-corrected chi connectivity index (χ1v) is 6.54. The number of aromatic nitrogens is 3. The van der Waals surface area contributed by atoms with Crippen LogP contribution in [0.4, 0.5) is 4.39 Å². The number of nitrogens with zero attached hydrogens (tertiary/aromatic N) is 3. The summed E-state index contributed by atoms with van der Waals surface area (Å²) in [6.07, 6.45) is 1.32. The van der Waals surface area contributed by atoms with Crippen molar-refractivity contribution in [2.24, 2.45) is 5.73 Å². The molecule has 2 rings (SSSR count). The summed E-state index contributed by atoms with van der Waals surface area (Å²) in [7, 11) is 3.12. The average molecular weight is 294 g/mol. The summed E-state index contributed by atoms with van der Waals surface area (Å²) in [6.45, 7) is -0.223. The van der Waals surface area contributed by atoms with Crippen molar-refractivity contribution in [3.63, 3.8) is 0 Å². The Kier molecular flexibility index (Phi) is 5.38. The van der Waals surface area contributed by atoms with E-state index < -0.39 is 18.8 Å². The van der Waals surface area contributed by atoms with Gasteiger partial charge in [-0.05, 0) is 17.7 Å². The Hall–Kier alpha value is -1.83. The second kappa shape index (κ2) is 7.26. The number of hydrogen-bond donors (Lipinski definition) is 1. The number of benzene rings is 1. The second-order valence-corrected chi connectivity index (χ2v) is 4.65. The Morgan fingerprint density at radius 3 is 2.57 bits per heavy atom. The van der Waals surface area contributed by atoms with Gasteiger partial charge in [-0.3, -0.25) is 0 Å². The molecule has 0 amide bonds. The quantitative estimate of drug-likeness (QED) is 0.835. The number of ether oxygens (including phenoxy) is 2. The minimum Gasteiger partial charge on any atom is -0.378 e. The van der Waals surface area contributed by atoms with Crippen molar-refractivity contribution in [2.45, 2.75) is 18.8 Å². The number of hydrogen-bond acceptors (Lipinski definition) is 5. The van der Waals surface area contributed by atoms with Gasteiger partial charge in [-0.25, -0.2) is 9.07 Å². The third-order valence-electron chi connectivity index (χ3n) is 3.14. The number of methoxy groups -OCH3 is 2. The largest absolute Gasteiger partial charge is 0.378 e. The zero-order chi connectivity index (χ0) is 15.2. The zero-order valence-electron chi connectivity index (χ0n) is 12.1. The molecular weight excluding hydrogens is 275 g/mol. The first-order valence-electron chi connectivity index (χ1n) is 6.54. The van der Waals surface area contributed by atoms with Crippen molar-refractivity contribution in [3.05, 3.63) is 41.7 Å². The fourth-order valence-corrected chi connectivity index (χ4v) is 2.09. The molecule has 0 aliphatic carbocycles. The average Bonchev–Trinajstić information content (AvgIpc) is 2.97. The van der Waals surface area contributed by atoms with Crippen LogP contribution in [0.2, 0.25) is 0 Å². The van der Waals surface area contributed by atoms with Gasteiger partial charge >= 0.3 is 0 Å². The third kappa shape index (κ3) is 3.63. The summed E-state index contributed by atoms with van der Waals surface area (Å²) in [4.78, 5) is 0. The normalized spacial score (nSPS) is 14.1. The van der Waals surface area contributed by atoms with E-state index in [0.717, 1.165) is 16.9 Å². The van der Waals surface area contributed by atoms with E-state index in [2.05, 4.69) is 10.3 Å². The number of alkyl halides is 1. The van der Waals surface area contributed by atoms with Crippen LogP contribution >= 0.6 is 0 Å². The molecule has 2 N–H and O–H groups in total. The SMILES string of the molecule is COCc1cn(-c2ccc(C(OC)C(N)CF)cc2)nn1. The first kappa shape index (κ1) is 15.6. The fourth-order valence-electron chi connectivity index (χ4n) is 2.09. The maximum absolute atomic E-state index is 12.7. The highest BCUT2D eigenvalue weighted by atomic mass is 19.1. The lowest BCUT2D eigenvalue weighted by Crippen LogP contribution is -2.31. The molecule has 21 heavy (non-hydrogen) atoms. The van der Waals surface area contributed by atoms with Crippen LogP contribution in [0.25, 0.3) is 5.69 Å². The van der Waals surface area contributed by atoms with E-state index in [9.17, 15) is 4.39 Å². The lowest BCUT2D eigenvalue weighted by Gasteiger charge is -2.20. The molecule has 0 aliphatic heterocycles. The van der Waals surface area contributed by atoms with E-state index >= 15 is 0 Å². The Labute approximate surface area is 122 Å². The minimum absolute atomic E-state index is 0.412. The van der Waals surface area contributed by atoms with Crippen molar-refractivity contribution in [3.8, 4) is 5.69 Å². The smallest absolute Gasteiger partial charge is 0.109 e. The van der Waals surface area contributed by atoms with Crippen LogP contribution in [0.15, 0.2) is 30.5 Å². The highest BCUT2D eigenvalue weighted by Crippen LogP contribution is 2.21. The molecule has 7 heteroatoms. The molecule has 0 fully saturated rings. The summed E-state index contributed by atoms with van der Waals surface area (Å²) in [6, 6.07) is 6.73. The van der Waals surface area contributed by atoms with Gasteiger partial charge in [-0.15, -0.1) is 5.10 Å². The van der Waals surface area contributed by atoms with Crippen LogP contribution in [-0.2, 0) is 16.1 Å². The molecule has 0 spiro atoms. The van der Waals surface area contributed by atoms with Crippen LogP contribution in [0.5, 0.6) is 0 Å². The molecule has 2 unspecified atom stereocenters. The van der Waals surface area contributed by atoms with Gasteiger partial charge in [0.15, 0.2) is 0 Å². The van der Waals surface area contributed by atoms with Crippen molar-refractivity contribution < 1.29 is 13.9 Å². The Balaban J connectivity index is 2.17. The molecule has 2 atom stereocenters. The summed E-state index contributed by atoms with van der Waals surface area (Å²) < 4.78 is 24.6. The van der Waals surface area contributed by atoms with Gasteiger partial charge in [0, 0.05) is 14.2 Å². The number of nitrogens with two attached hydrogens (primary N) is 1. The van der Waals surface area contributed by atoms with Crippen LogP contribution in [0.3, 0.4) is 0 Å². The Bertz CT molecular complexity index is 558. The molecule has 0 saturated carbocycles. The molecule has 0 radical (unpaired) electrons. The van der Waals surface area contributed by atoms with E-state index in [0.29, 0.717) is 6.61 Å². The Morgan fingerprint density at radius 2 is 2.00 bits per heavy atom. The molecule has 1 aromatic heterocycles. The second-order valence-electron chi connectivity index (χ2n) is 4.65. The van der Waals surface area contributed by atoms with Gasteiger partial charge in [0.05, 0.1) is 30.6 Å². The van der Waals surface area contributed by atoms with E-state index in [-0.39, 0.29) is 0 Å². The molecule has 114 valence electrons. The lowest BCUT2D eigenvalue weighted by molar-refractivity contribution is 0.0721. The van der Waals surface area contributed by atoms with E-state index in [1.165, 1.54) is 7.11 Å². The zero-order valence-corrected chi connectivity index (χ0v) is 12.1. The van der Waals surface area contributed by atoms with Crippen molar-refractivity contribution in [1.29, 1.82) is 0 Å². The molecule has 1 heterocycles. The summed E-state index contributed by atoms with van der Waals surface area (Å²) in [5, 5.41) is 8.01. The van der Waals surface area contributed by atoms with Gasteiger partial charge < -0.3 is 15.2 Å².